The normalized spacial score (nSPS) is 10.6. The van der Waals surface area contributed by atoms with E-state index in [2.05, 4.69) is 32.9 Å². The van der Waals surface area contributed by atoms with E-state index in [1.54, 1.807) is 25.4 Å². The minimum absolute atomic E-state index is 0. The molecule has 0 saturated heterocycles. The molecule has 1 amide bonds. The number of nitrogens with one attached hydrogen (secondary N) is 3. The Morgan fingerprint density at radius 2 is 2.21 bits per heavy atom. The number of amides is 1. The predicted octanol–water partition coefficient (Wildman–Crippen LogP) is 0.734. The summed E-state index contributed by atoms with van der Waals surface area (Å²) in [4.78, 5) is 20.7. The lowest BCUT2D eigenvalue weighted by atomic mass is 10.4. The highest BCUT2D eigenvalue weighted by Gasteiger charge is 2.03. The molecule has 0 spiro atoms. The number of carbonyl (C=O) groups excluding carboxylic acids is 1. The lowest BCUT2D eigenvalue weighted by Gasteiger charge is -2.09. The Labute approximate surface area is 134 Å². The van der Waals surface area contributed by atoms with Crippen LogP contribution >= 0.6 is 35.3 Å². The van der Waals surface area contributed by atoms with Gasteiger partial charge in [0.2, 0.25) is 5.91 Å². The number of carbonyl (C=O) groups is 1. The second-order valence-corrected chi connectivity index (χ2v) is 4.73. The molecule has 19 heavy (non-hydrogen) atoms. The molecule has 0 bridgehead atoms. The van der Waals surface area contributed by atoms with E-state index in [-0.39, 0.29) is 36.4 Å². The maximum Gasteiger partial charge on any atom is 0.239 e. The fourth-order valence-electron chi connectivity index (χ4n) is 1.23. The van der Waals surface area contributed by atoms with Gasteiger partial charge in [-0.25, -0.2) is 4.98 Å². The smallest absolute Gasteiger partial charge is 0.239 e. The van der Waals surface area contributed by atoms with Crippen molar-refractivity contribution in [3.63, 3.8) is 0 Å². The van der Waals surface area contributed by atoms with Crippen LogP contribution in [0.15, 0.2) is 11.2 Å². The van der Waals surface area contributed by atoms with Crippen molar-refractivity contribution in [1.29, 1.82) is 0 Å². The average molecular weight is 397 g/mol. The second-order valence-electron chi connectivity index (χ2n) is 3.53. The van der Waals surface area contributed by atoms with Gasteiger partial charge in [-0.05, 0) is 6.42 Å². The first-order valence-corrected chi connectivity index (χ1v) is 6.60. The molecule has 1 aromatic heterocycles. The van der Waals surface area contributed by atoms with Gasteiger partial charge in [0.15, 0.2) is 5.96 Å². The van der Waals surface area contributed by atoms with Crippen molar-refractivity contribution in [3.05, 3.63) is 16.1 Å². The van der Waals surface area contributed by atoms with Gasteiger partial charge >= 0.3 is 0 Å². The van der Waals surface area contributed by atoms with Crippen LogP contribution in [0, 0.1) is 0 Å². The van der Waals surface area contributed by atoms with Crippen LogP contribution in [0.3, 0.4) is 0 Å². The average Bonchev–Trinajstić information content (AvgIpc) is 2.86. The molecule has 0 aromatic carbocycles. The number of halogens is 1. The number of hydrogen-bond acceptors (Lipinski definition) is 4. The van der Waals surface area contributed by atoms with E-state index in [9.17, 15) is 4.79 Å². The molecular weight excluding hydrogens is 377 g/mol. The fraction of sp³-hybridized carbons (Fsp3) is 0.545. The van der Waals surface area contributed by atoms with Gasteiger partial charge in [0.1, 0.15) is 5.01 Å². The van der Waals surface area contributed by atoms with E-state index in [0.717, 1.165) is 11.4 Å². The van der Waals surface area contributed by atoms with Crippen LogP contribution < -0.4 is 16.0 Å². The minimum Gasteiger partial charge on any atom is -0.358 e. The Morgan fingerprint density at radius 3 is 2.74 bits per heavy atom. The van der Waals surface area contributed by atoms with Gasteiger partial charge in [0.25, 0.3) is 0 Å². The molecule has 0 atom stereocenters. The largest absolute Gasteiger partial charge is 0.358 e. The van der Waals surface area contributed by atoms with Crippen LogP contribution in [0.2, 0.25) is 0 Å². The predicted molar refractivity (Wildman–Crippen MR) is 89.2 cm³/mol. The Hall–Kier alpha value is -0.900. The van der Waals surface area contributed by atoms with Gasteiger partial charge in [-0.2, -0.15) is 0 Å². The van der Waals surface area contributed by atoms with Gasteiger partial charge in [0.05, 0.1) is 13.1 Å². The summed E-state index contributed by atoms with van der Waals surface area (Å²) in [6.45, 7) is 2.92. The topological polar surface area (TPSA) is 78.4 Å². The number of aliphatic imine (C=N–C) groups is 1. The molecule has 0 unspecified atom stereocenters. The third-order valence-corrected chi connectivity index (χ3v) is 3.42. The van der Waals surface area contributed by atoms with Crippen molar-refractivity contribution >= 4 is 47.2 Å². The zero-order valence-corrected chi connectivity index (χ0v) is 14.5. The second kappa shape index (κ2) is 9.96. The summed E-state index contributed by atoms with van der Waals surface area (Å²) in [5.41, 5.74) is 0. The van der Waals surface area contributed by atoms with Crippen LogP contribution in [0.1, 0.15) is 16.8 Å². The van der Waals surface area contributed by atoms with Gasteiger partial charge in [-0.3, -0.25) is 9.79 Å². The molecule has 1 rings (SSSR count). The van der Waals surface area contributed by atoms with Gasteiger partial charge in [-0.1, -0.05) is 6.92 Å². The van der Waals surface area contributed by atoms with Crippen molar-refractivity contribution in [2.24, 2.45) is 4.99 Å². The van der Waals surface area contributed by atoms with E-state index in [4.69, 9.17) is 0 Å². The summed E-state index contributed by atoms with van der Waals surface area (Å²) in [7, 11) is 3.26. The number of likely N-dealkylation sites (N-methyl/N-ethyl adjacent to an activating group) is 1. The van der Waals surface area contributed by atoms with Crippen LogP contribution in [0.4, 0.5) is 0 Å². The number of rotatable bonds is 5. The van der Waals surface area contributed by atoms with Crippen molar-refractivity contribution in [1.82, 2.24) is 20.9 Å². The molecule has 8 heteroatoms. The van der Waals surface area contributed by atoms with Crippen LogP contribution in [0.5, 0.6) is 0 Å². The fourth-order valence-corrected chi connectivity index (χ4v) is 2.03. The first-order chi connectivity index (χ1) is 8.69. The van der Waals surface area contributed by atoms with Gasteiger partial charge in [-0.15, -0.1) is 35.3 Å². The molecule has 0 radical (unpaired) electrons. The number of aromatic nitrogens is 1. The Balaban J connectivity index is 0.00000324. The lowest BCUT2D eigenvalue weighted by molar-refractivity contribution is -0.119. The zero-order chi connectivity index (χ0) is 13.4. The number of nitrogens with zero attached hydrogens (tertiary/aromatic N) is 2. The van der Waals surface area contributed by atoms with Crippen molar-refractivity contribution < 1.29 is 4.79 Å². The molecule has 108 valence electrons. The van der Waals surface area contributed by atoms with E-state index >= 15 is 0 Å². The molecule has 0 aliphatic heterocycles. The monoisotopic (exact) mass is 397 g/mol. The summed E-state index contributed by atoms with van der Waals surface area (Å²) in [5.74, 6) is 0.507. The van der Waals surface area contributed by atoms with Crippen LogP contribution in [0.25, 0.3) is 0 Å². The minimum atomic E-state index is -0.0829. The molecule has 1 aromatic rings. The third-order valence-electron chi connectivity index (χ3n) is 2.28. The molecule has 0 fully saturated rings. The maximum absolute atomic E-state index is 11.1. The standard InChI is InChI=1S/C11H19N5OS.HI/c1-4-8-5-14-10(18-8)7-16-11(13-3)15-6-9(17)12-2;/h5H,4,6-7H2,1-3H3,(H,12,17)(H2,13,15,16);1H. The number of hydrogen-bond donors (Lipinski definition) is 3. The highest BCUT2D eigenvalue weighted by Crippen LogP contribution is 2.12. The SMILES string of the molecule is CCc1cnc(CNC(=NC)NCC(=O)NC)s1.I. The van der Waals surface area contributed by atoms with E-state index < -0.39 is 0 Å². The molecule has 0 aliphatic rings. The molecular formula is C11H20IN5OS. The van der Waals surface area contributed by atoms with Gasteiger partial charge in [0, 0.05) is 25.2 Å². The first-order valence-electron chi connectivity index (χ1n) is 5.78. The van der Waals surface area contributed by atoms with Crippen molar-refractivity contribution in [2.75, 3.05) is 20.6 Å². The quantitative estimate of drug-likeness (QED) is 0.389. The van der Waals surface area contributed by atoms with Crippen LogP contribution in [-0.4, -0.2) is 37.5 Å². The molecule has 0 aliphatic carbocycles. The number of guanidine groups is 1. The lowest BCUT2D eigenvalue weighted by Crippen LogP contribution is -2.42. The zero-order valence-electron chi connectivity index (χ0n) is 11.3. The van der Waals surface area contributed by atoms with Crippen molar-refractivity contribution in [2.45, 2.75) is 19.9 Å². The summed E-state index contributed by atoms with van der Waals surface area (Å²) in [5, 5.41) is 9.57. The summed E-state index contributed by atoms with van der Waals surface area (Å²) >= 11 is 1.68. The Kier molecular flexibility index (Phi) is 9.48. The molecule has 1 heterocycles. The highest BCUT2D eigenvalue weighted by molar-refractivity contribution is 14.0. The van der Waals surface area contributed by atoms with E-state index in [1.807, 2.05) is 6.20 Å². The van der Waals surface area contributed by atoms with Crippen LogP contribution in [-0.2, 0) is 17.8 Å². The summed E-state index contributed by atoms with van der Waals surface area (Å²) < 4.78 is 0. The summed E-state index contributed by atoms with van der Waals surface area (Å²) in [6.07, 6.45) is 2.89. The van der Waals surface area contributed by atoms with E-state index in [1.165, 1.54) is 4.88 Å². The summed E-state index contributed by atoms with van der Waals surface area (Å²) in [6, 6.07) is 0. The Morgan fingerprint density at radius 1 is 1.47 bits per heavy atom. The number of aryl methyl sites for hydroxylation is 1. The van der Waals surface area contributed by atoms with E-state index in [0.29, 0.717) is 12.5 Å². The highest BCUT2D eigenvalue weighted by atomic mass is 127. The third kappa shape index (κ3) is 6.71. The number of thiazole rings is 1. The van der Waals surface area contributed by atoms with Gasteiger partial charge < -0.3 is 16.0 Å². The Bertz CT molecular complexity index is 421. The molecule has 3 N–H and O–H groups in total. The maximum atomic E-state index is 11.1. The first kappa shape index (κ1) is 18.1. The molecule has 6 nitrogen and oxygen atoms in total. The van der Waals surface area contributed by atoms with Crippen molar-refractivity contribution in [3.8, 4) is 0 Å². The molecule has 0 saturated carbocycles.